The van der Waals surface area contributed by atoms with Gasteiger partial charge in [-0.25, -0.2) is 0 Å². The van der Waals surface area contributed by atoms with Gasteiger partial charge in [0.15, 0.2) is 0 Å². The molecular weight excluding hydrogens is 192 g/mol. The molecule has 0 aromatic heterocycles. The predicted molar refractivity (Wildman–Crippen MR) is 46.0 cm³/mol. The van der Waals surface area contributed by atoms with Gasteiger partial charge in [-0.15, -0.1) is 0 Å². The first-order valence-electron chi connectivity index (χ1n) is 2.89. The van der Waals surface area contributed by atoms with Crippen LogP contribution >= 0.6 is 15.9 Å². The van der Waals surface area contributed by atoms with E-state index in [1.807, 2.05) is 30.3 Å². The van der Waals surface area contributed by atoms with Crippen molar-refractivity contribution in [3.05, 3.63) is 40.9 Å². The summed E-state index contributed by atoms with van der Waals surface area (Å²) in [5.74, 6) is 0.251. The van der Waals surface area contributed by atoms with Crippen molar-refractivity contribution < 1.29 is 5.11 Å². The van der Waals surface area contributed by atoms with Crippen LogP contribution in [0.5, 0.6) is 0 Å². The van der Waals surface area contributed by atoms with E-state index in [0.717, 1.165) is 5.56 Å². The molecule has 1 aromatic carbocycles. The summed E-state index contributed by atoms with van der Waals surface area (Å²) < 4.78 is 0. The smallest absolute Gasteiger partial charge is 0.129 e. The molecule has 1 nitrogen and oxygen atoms in total. The van der Waals surface area contributed by atoms with Gasteiger partial charge in [0.1, 0.15) is 5.76 Å². The highest BCUT2D eigenvalue weighted by Gasteiger charge is 1.92. The van der Waals surface area contributed by atoms with E-state index in [-0.39, 0.29) is 5.76 Å². The SMILES string of the molecule is O/C(=C\Br)c1ccccc1. The van der Waals surface area contributed by atoms with Crippen LogP contribution in [0.15, 0.2) is 35.3 Å². The maximum atomic E-state index is 9.14. The zero-order chi connectivity index (χ0) is 7.40. The highest BCUT2D eigenvalue weighted by Crippen LogP contribution is 2.11. The molecule has 0 aliphatic carbocycles. The Labute approximate surface area is 68.1 Å². The average Bonchev–Trinajstić information content (AvgIpc) is 2.05. The zero-order valence-electron chi connectivity index (χ0n) is 5.29. The second-order valence-corrected chi connectivity index (χ2v) is 2.32. The van der Waals surface area contributed by atoms with Gasteiger partial charge in [0.05, 0.1) is 0 Å². The van der Waals surface area contributed by atoms with Crippen molar-refractivity contribution in [3.8, 4) is 0 Å². The van der Waals surface area contributed by atoms with E-state index in [9.17, 15) is 0 Å². The molecule has 0 spiro atoms. The molecule has 0 fully saturated rings. The summed E-state index contributed by atoms with van der Waals surface area (Å²) in [5.41, 5.74) is 0.819. The van der Waals surface area contributed by atoms with E-state index in [4.69, 9.17) is 5.11 Å². The van der Waals surface area contributed by atoms with Crippen molar-refractivity contribution in [1.29, 1.82) is 0 Å². The van der Waals surface area contributed by atoms with Gasteiger partial charge in [0.2, 0.25) is 0 Å². The standard InChI is InChI=1S/C8H7BrO/c9-6-8(10)7-4-2-1-3-5-7/h1-6,10H/b8-6-. The third-order valence-electron chi connectivity index (χ3n) is 1.17. The second-order valence-electron chi connectivity index (χ2n) is 1.86. The van der Waals surface area contributed by atoms with E-state index in [0.29, 0.717) is 0 Å². The van der Waals surface area contributed by atoms with Gasteiger partial charge >= 0.3 is 0 Å². The summed E-state index contributed by atoms with van der Waals surface area (Å²) in [6.45, 7) is 0. The van der Waals surface area contributed by atoms with Crippen LogP contribution in [0.3, 0.4) is 0 Å². The van der Waals surface area contributed by atoms with Crippen LogP contribution in [0.1, 0.15) is 5.56 Å². The van der Waals surface area contributed by atoms with Gasteiger partial charge in [-0.1, -0.05) is 46.3 Å². The molecule has 10 heavy (non-hydrogen) atoms. The summed E-state index contributed by atoms with van der Waals surface area (Å²) in [7, 11) is 0. The molecule has 0 saturated heterocycles. The number of aliphatic hydroxyl groups is 1. The van der Waals surface area contributed by atoms with E-state index < -0.39 is 0 Å². The molecule has 0 aliphatic heterocycles. The minimum atomic E-state index is 0.251. The summed E-state index contributed by atoms with van der Waals surface area (Å²) >= 11 is 3.04. The molecule has 1 aromatic rings. The molecule has 0 unspecified atom stereocenters. The zero-order valence-corrected chi connectivity index (χ0v) is 6.88. The van der Waals surface area contributed by atoms with Crippen LogP contribution in [0.4, 0.5) is 0 Å². The third-order valence-corrected chi connectivity index (χ3v) is 1.61. The molecule has 0 atom stereocenters. The number of aliphatic hydroxyl groups excluding tert-OH is 1. The molecule has 0 amide bonds. The van der Waals surface area contributed by atoms with Crippen molar-refractivity contribution >= 4 is 21.7 Å². The van der Waals surface area contributed by atoms with Gasteiger partial charge in [-0.05, 0) is 0 Å². The monoisotopic (exact) mass is 198 g/mol. The van der Waals surface area contributed by atoms with Crippen LogP contribution < -0.4 is 0 Å². The Morgan fingerprint density at radius 2 is 1.90 bits per heavy atom. The lowest BCUT2D eigenvalue weighted by Crippen LogP contribution is -1.77. The fraction of sp³-hybridized carbons (Fsp3) is 0. The lowest BCUT2D eigenvalue weighted by atomic mass is 10.2. The highest BCUT2D eigenvalue weighted by molar-refractivity contribution is 9.11. The minimum absolute atomic E-state index is 0.251. The largest absolute Gasteiger partial charge is 0.507 e. The average molecular weight is 199 g/mol. The lowest BCUT2D eigenvalue weighted by Gasteiger charge is -1.95. The molecule has 2 heteroatoms. The van der Waals surface area contributed by atoms with Gasteiger partial charge in [0.25, 0.3) is 0 Å². The topological polar surface area (TPSA) is 20.2 Å². The van der Waals surface area contributed by atoms with E-state index >= 15 is 0 Å². The Bertz CT molecular complexity index is 228. The van der Waals surface area contributed by atoms with Crippen molar-refractivity contribution in [3.63, 3.8) is 0 Å². The Hall–Kier alpha value is -0.760. The molecule has 0 bridgehead atoms. The van der Waals surface area contributed by atoms with Crippen molar-refractivity contribution in [2.75, 3.05) is 0 Å². The van der Waals surface area contributed by atoms with Crippen molar-refractivity contribution in [2.45, 2.75) is 0 Å². The molecule has 0 radical (unpaired) electrons. The molecule has 1 rings (SSSR count). The second kappa shape index (κ2) is 3.42. The third kappa shape index (κ3) is 1.61. The maximum Gasteiger partial charge on any atom is 0.129 e. The number of hydrogen-bond donors (Lipinski definition) is 1. The summed E-state index contributed by atoms with van der Waals surface area (Å²) in [5, 5.41) is 9.14. The molecule has 1 N–H and O–H groups in total. The Kier molecular flexibility index (Phi) is 2.51. The van der Waals surface area contributed by atoms with E-state index in [2.05, 4.69) is 15.9 Å². The fourth-order valence-corrected chi connectivity index (χ4v) is 0.936. The quantitative estimate of drug-likeness (QED) is 0.689. The number of rotatable bonds is 1. The Morgan fingerprint density at radius 3 is 2.40 bits per heavy atom. The lowest BCUT2D eigenvalue weighted by molar-refractivity contribution is 0.513. The first kappa shape index (κ1) is 7.35. The molecule has 0 aliphatic rings. The molecule has 0 heterocycles. The Morgan fingerprint density at radius 1 is 1.30 bits per heavy atom. The Balaban J connectivity index is 2.96. The minimum Gasteiger partial charge on any atom is -0.507 e. The number of halogens is 1. The summed E-state index contributed by atoms with van der Waals surface area (Å²) in [4.78, 5) is 1.49. The van der Waals surface area contributed by atoms with Crippen LogP contribution in [0.2, 0.25) is 0 Å². The normalized spacial score (nSPS) is 11.5. The van der Waals surface area contributed by atoms with Crippen LogP contribution in [0, 0.1) is 0 Å². The van der Waals surface area contributed by atoms with Crippen molar-refractivity contribution in [2.24, 2.45) is 0 Å². The number of benzene rings is 1. The van der Waals surface area contributed by atoms with Gasteiger partial charge in [-0.2, -0.15) is 0 Å². The van der Waals surface area contributed by atoms with Gasteiger partial charge in [-0.3, -0.25) is 0 Å². The molecule has 0 saturated carbocycles. The van der Waals surface area contributed by atoms with Gasteiger partial charge < -0.3 is 5.11 Å². The highest BCUT2D eigenvalue weighted by atomic mass is 79.9. The fourth-order valence-electron chi connectivity index (χ4n) is 0.672. The maximum absolute atomic E-state index is 9.14. The predicted octanol–water partition coefficient (Wildman–Crippen LogP) is 2.94. The van der Waals surface area contributed by atoms with Crippen LogP contribution in [0.25, 0.3) is 5.76 Å². The van der Waals surface area contributed by atoms with Crippen molar-refractivity contribution in [1.82, 2.24) is 0 Å². The van der Waals surface area contributed by atoms with E-state index in [1.165, 1.54) is 4.99 Å². The van der Waals surface area contributed by atoms with Crippen LogP contribution in [-0.4, -0.2) is 5.11 Å². The van der Waals surface area contributed by atoms with Crippen LogP contribution in [-0.2, 0) is 0 Å². The summed E-state index contributed by atoms with van der Waals surface area (Å²) in [6.07, 6.45) is 0. The first-order chi connectivity index (χ1) is 4.84. The number of hydrogen-bond acceptors (Lipinski definition) is 1. The summed E-state index contributed by atoms with van der Waals surface area (Å²) in [6, 6.07) is 9.34. The molecule has 52 valence electrons. The molecular formula is C8H7BrO. The van der Waals surface area contributed by atoms with Gasteiger partial charge in [0, 0.05) is 10.5 Å². The van der Waals surface area contributed by atoms with E-state index in [1.54, 1.807) is 0 Å². The first-order valence-corrected chi connectivity index (χ1v) is 3.81.